The molecule has 98 valence electrons. The van der Waals surface area contributed by atoms with Gasteiger partial charge in [-0.05, 0) is 31.0 Å². The molecule has 2 rings (SSSR count). The van der Waals surface area contributed by atoms with Gasteiger partial charge >= 0.3 is 0 Å². The monoisotopic (exact) mass is 287 g/mol. The minimum atomic E-state index is -3.04. The van der Waals surface area contributed by atoms with Crippen molar-refractivity contribution in [1.29, 1.82) is 0 Å². The molecular weight excluding hydrogens is 274 g/mol. The number of amides is 1. The lowest BCUT2D eigenvalue weighted by Crippen LogP contribution is -2.23. The molecule has 1 unspecified atom stereocenters. The molecule has 0 aliphatic carbocycles. The predicted molar refractivity (Wildman–Crippen MR) is 71.6 cm³/mol. The zero-order chi connectivity index (χ0) is 13.3. The highest BCUT2D eigenvalue weighted by molar-refractivity contribution is 7.91. The summed E-state index contributed by atoms with van der Waals surface area (Å²) in [5, 5.41) is 3.14. The van der Waals surface area contributed by atoms with E-state index in [1.54, 1.807) is 12.1 Å². The van der Waals surface area contributed by atoms with Gasteiger partial charge in [-0.1, -0.05) is 17.7 Å². The van der Waals surface area contributed by atoms with Crippen LogP contribution in [0.15, 0.2) is 18.2 Å². The number of hydrogen-bond donors (Lipinski definition) is 1. The minimum absolute atomic E-state index is 0.0671. The number of nitrogens with one attached hydrogen (secondary N) is 1. The maximum absolute atomic E-state index is 11.9. The first kappa shape index (κ1) is 13.4. The van der Waals surface area contributed by atoms with Crippen molar-refractivity contribution >= 4 is 33.0 Å². The van der Waals surface area contributed by atoms with Gasteiger partial charge in [0, 0.05) is 0 Å². The van der Waals surface area contributed by atoms with Gasteiger partial charge in [-0.3, -0.25) is 4.79 Å². The maximum Gasteiger partial charge on any atom is 0.228 e. The summed E-state index contributed by atoms with van der Waals surface area (Å²) in [7, 11) is -3.04. The van der Waals surface area contributed by atoms with Gasteiger partial charge in [0.05, 0.1) is 28.1 Å². The highest BCUT2D eigenvalue weighted by Gasteiger charge is 2.33. The van der Waals surface area contributed by atoms with Gasteiger partial charge < -0.3 is 5.32 Å². The number of carbonyl (C=O) groups is 1. The van der Waals surface area contributed by atoms with Crippen molar-refractivity contribution in [3.8, 4) is 0 Å². The fourth-order valence-corrected chi connectivity index (χ4v) is 3.98. The second kappa shape index (κ2) is 4.90. The van der Waals surface area contributed by atoms with Crippen LogP contribution in [0, 0.1) is 12.8 Å². The normalized spacial score (nSPS) is 21.8. The lowest BCUT2D eigenvalue weighted by Gasteiger charge is -2.11. The molecule has 1 aliphatic heterocycles. The van der Waals surface area contributed by atoms with Gasteiger partial charge in [0.1, 0.15) is 0 Å². The van der Waals surface area contributed by atoms with Gasteiger partial charge in [-0.15, -0.1) is 0 Å². The van der Waals surface area contributed by atoms with Crippen LogP contribution in [0.1, 0.15) is 12.0 Å². The third kappa shape index (κ3) is 3.03. The minimum Gasteiger partial charge on any atom is -0.324 e. The molecule has 0 radical (unpaired) electrons. The maximum atomic E-state index is 11.9. The van der Waals surface area contributed by atoms with E-state index in [0.29, 0.717) is 17.1 Å². The molecule has 1 aromatic rings. The summed E-state index contributed by atoms with van der Waals surface area (Å²) in [4.78, 5) is 11.9. The molecule has 1 aromatic carbocycles. The number of benzene rings is 1. The third-order valence-electron chi connectivity index (χ3n) is 2.99. The average molecular weight is 288 g/mol. The highest BCUT2D eigenvalue weighted by Crippen LogP contribution is 2.25. The number of halogens is 1. The zero-order valence-electron chi connectivity index (χ0n) is 9.94. The first-order valence-electron chi connectivity index (χ1n) is 5.65. The van der Waals surface area contributed by atoms with Gasteiger partial charge in [-0.2, -0.15) is 0 Å². The van der Waals surface area contributed by atoms with E-state index in [9.17, 15) is 13.2 Å². The van der Waals surface area contributed by atoms with Gasteiger partial charge in [-0.25, -0.2) is 8.42 Å². The van der Waals surface area contributed by atoms with Crippen molar-refractivity contribution in [2.45, 2.75) is 13.3 Å². The van der Waals surface area contributed by atoms with E-state index in [1.807, 2.05) is 13.0 Å². The topological polar surface area (TPSA) is 63.2 Å². The lowest BCUT2D eigenvalue weighted by molar-refractivity contribution is -0.119. The summed E-state index contributed by atoms with van der Waals surface area (Å²) in [5.74, 6) is -0.719. The van der Waals surface area contributed by atoms with E-state index in [2.05, 4.69) is 5.32 Å². The molecule has 1 heterocycles. The molecule has 1 amide bonds. The van der Waals surface area contributed by atoms with Gasteiger partial charge in [0.2, 0.25) is 5.91 Å². The molecule has 0 aromatic heterocycles. The van der Waals surface area contributed by atoms with E-state index in [0.717, 1.165) is 5.56 Å². The molecule has 1 saturated heterocycles. The zero-order valence-corrected chi connectivity index (χ0v) is 11.5. The predicted octanol–water partition coefficient (Wildman–Crippen LogP) is 2.02. The number of carbonyl (C=O) groups excluding carboxylic acids is 1. The van der Waals surface area contributed by atoms with E-state index >= 15 is 0 Å². The van der Waals surface area contributed by atoms with Gasteiger partial charge in [0.15, 0.2) is 9.84 Å². The Morgan fingerprint density at radius 3 is 2.72 bits per heavy atom. The average Bonchev–Trinajstić information content (AvgIpc) is 2.63. The number of sulfone groups is 1. The second-order valence-electron chi connectivity index (χ2n) is 4.57. The summed E-state index contributed by atoms with van der Waals surface area (Å²) in [6, 6.07) is 5.31. The Morgan fingerprint density at radius 1 is 1.44 bits per heavy atom. The molecule has 1 fully saturated rings. The number of rotatable bonds is 2. The van der Waals surface area contributed by atoms with E-state index in [1.165, 1.54) is 0 Å². The Balaban J connectivity index is 2.08. The standard InChI is InChI=1S/C12H14ClNO3S/c1-8-2-3-11(10(13)6-8)14-12(15)9-4-5-18(16,17)7-9/h2-3,6,9H,4-5,7H2,1H3,(H,14,15). The summed E-state index contributed by atoms with van der Waals surface area (Å²) in [5.41, 5.74) is 1.53. The summed E-state index contributed by atoms with van der Waals surface area (Å²) in [6.45, 7) is 1.90. The molecule has 1 aliphatic rings. The smallest absolute Gasteiger partial charge is 0.228 e. The first-order chi connectivity index (χ1) is 8.37. The highest BCUT2D eigenvalue weighted by atomic mass is 35.5. The Labute approximate surface area is 111 Å². The molecule has 18 heavy (non-hydrogen) atoms. The van der Waals surface area contributed by atoms with Crippen molar-refractivity contribution < 1.29 is 13.2 Å². The molecule has 4 nitrogen and oxygen atoms in total. The SMILES string of the molecule is Cc1ccc(NC(=O)C2CCS(=O)(=O)C2)c(Cl)c1. The fourth-order valence-electron chi connectivity index (χ4n) is 1.96. The molecule has 0 bridgehead atoms. The van der Waals surface area contributed by atoms with Crippen LogP contribution in [0.3, 0.4) is 0 Å². The van der Waals surface area contributed by atoms with Crippen molar-refractivity contribution in [2.24, 2.45) is 5.92 Å². The Hall–Kier alpha value is -1.07. The largest absolute Gasteiger partial charge is 0.324 e. The molecule has 1 atom stereocenters. The van der Waals surface area contributed by atoms with E-state index < -0.39 is 15.8 Å². The quantitative estimate of drug-likeness (QED) is 0.905. The number of hydrogen-bond acceptors (Lipinski definition) is 3. The third-order valence-corrected chi connectivity index (χ3v) is 5.07. The lowest BCUT2D eigenvalue weighted by atomic mass is 10.1. The van der Waals surface area contributed by atoms with Crippen LogP contribution in [-0.2, 0) is 14.6 Å². The van der Waals surface area contributed by atoms with Crippen LogP contribution in [-0.4, -0.2) is 25.8 Å². The van der Waals surface area contributed by atoms with E-state index in [-0.39, 0.29) is 17.4 Å². The fraction of sp³-hybridized carbons (Fsp3) is 0.417. The van der Waals surface area contributed by atoms with Crippen molar-refractivity contribution in [1.82, 2.24) is 0 Å². The molecule has 1 N–H and O–H groups in total. The van der Waals surface area contributed by atoms with Crippen LogP contribution in [0.2, 0.25) is 5.02 Å². The second-order valence-corrected chi connectivity index (χ2v) is 7.21. The summed E-state index contributed by atoms with van der Waals surface area (Å²) >= 11 is 6.00. The van der Waals surface area contributed by atoms with E-state index in [4.69, 9.17) is 11.6 Å². The van der Waals surface area contributed by atoms with Crippen LogP contribution in [0.4, 0.5) is 5.69 Å². The van der Waals surface area contributed by atoms with Crippen molar-refractivity contribution in [2.75, 3.05) is 16.8 Å². The first-order valence-corrected chi connectivity index (χ1v) is 7.85. The number of aryl methyl sites for hydroxylation is 1. The molecule has 0 spiro atoms. The van der Waals surface area contributed by atoms with Crippen molar-refractivity contribution in [3.63, 3.8) is 0 Å². The molecule has 0 saturated carbocycles. The van der Waals surface area contributed by atoms with Crippen LogP contribution >= 0.6 is 11.6 Å². The van der Waals surface area contributed by atoms with Gasteiger partial charge in [0.25, 0.3) is 0 Å². The molecule has 6 heteroatoms. The Bertz CT molecular complexity index is 583. The summed E-state index contributed by atoms with van der Waals surface area (Å²) in [6.07, 6.45) is 0.387. The Kier molecular flexibility index (Phi) is 3.64. The van der Waals surface area contributed by atoms with Crippen molar-refractivity contribution in [3.05, 3.63) is 28.8 Å². The van der Waals surface area contributed by atoms with Crippen LogP contribution < -0.4 is 5.32 Å². The number of anilines is 1. The Morgan fingerprint density at radius 2 is 2.17 bits per heavy atom. The van der Waals surface area contributed by atoms with Crippen LogP contribution in [0.5, 0.6) is 0 Å². The van der Waals surface area contributed by atoms with Crippen LogP contribution in [0.25, 0.3) is 0 Å². The summed E-state index contributed by atoms with van der Waals surface area (Å²) < 4.78 is 22.6. The molecular formula is C12H14ClNO3S.